The summed E-state index contributed by atoms with van der Waals surface area (Å²) >= 11 is 0. The smallest absolute Gasteiger partial charge is 0.146 e. The molecule has 0 radical (unpaired) electrons. The molecule has 1 aliphatic rings. The second kappa shape index (κ2) is 5.36. The summed E-state index contributed by atoms with van der Waals surface area (Å²) in [4.78, 5) is 2.01. The predicted octanol–water partition coefficient (Wildman–Crippen LogP) is 2.73. The summed E-state index contributed by atoms with van der Waals surface area (Å²) in [6.45, 7) is 2.43. The van der Waals surface area contributed by atoms with E-state index in [0.29, 0.717) is 24.7 Å². The molecular formula is C14H18FN3. The van der Waals surface area contributed by atoms with Gasteiger partial charge < -0.3 is 10.6 Å². The number of para-hydroxylation sites is 1. The van der Waals surface area contributed by atoms with Gasteiger partial charge in [0.1, 0.15) is 5.82 Å². The first-order chi connectivity index (χ1) is 8.65. The zero-order valence-electron chi connectivity index (χ0n) is 10.6. The van der Waals surface area contributed by atoms with Crippen molar-refractivity contribution in [2.45, 2.75) is 38.3 Å². The van der Waals surface area contributed by atoms with Crippen molar-refractivity contribution >= 4 is 5.69 Å². The molecular weight excluding hydrogens is 229 g/mol. The molecule has 0 spiro atoms. The van der Waals surface area contributed by atoms with Crippen LogP contribution < -0.4 is 10.6 Å². The van der Waals surface area contributed by atoms with E-state index >= 15 is 0 Å². The zero-order valence-corrected chi connectivity index (χ0v) is 10.6. The predicted molar refractivity (Wildman–Crippen MR) is 69.6 cm³/mol. The Morgan fingerprint density at radius 2 is 2.28 bits per heavy atom. The molecule has 1 fully saturated rings. The first-order valence-electron chi connectivity index (χ1n) is 6.32. The molecule has 1 aliphatic carbocycles. The van der Waals surface area contributed by atoms with Crippen molar-refractivity contribution in [2.24, 2.45) is 5.73 Å². The van der Waals surface area contributed by atoms with Crippen molar-refractivity contribution in [1.82, 2.24) is 0 Å². The molecule has 0 bridgehead atoms. The lowest BCUT2D eigenvalue weighted by Crippen LogP contribution is -2.29. The van der Waals surface area contributed by atoms with Crippen molar-refractivity contribution in [1.29, 1.82) is 5.26 Å². The second-order valence-electron chi connectivity index (χ2n) is 4.80. The number of halogens is 1. The quantitative estimate of drug-likeness (QED) is 0.870. The van der Waals surface area contributed by atoms with E-state index in [-0.39, 0.29) is 11.9 Å². The maximum absolute atomic E-state index is 14.1. The van der Waals surface area contributed by atoms with Gasteiger partial charge in [-0.3, -0.25) is 0 Å². The highest BCUT2D eigenvalue weighted by molar-refractivity contribution is 5.57. The fourth-order valence-corrected chi connectivity index (χ4v) is 2.24. The van der Waals surface area contributed by atoms with Gasteiger partial charge in [-0.05, 0) is 31.4 Å². The Labute approximate surface area is 107 Å². The minimum absolute atomic E-state index is 0.209. The first kappa shape index (κ1) is 12.8. The average molecular weight is 247 g/mol. The topological polar surface area (TPSA) is 53.0 Å². The van der Waals surface area contributed by atoms with E-state index in [1.165, 1.54) is 6.07 Å². The molecule has 3 nitrogen and oxygen atoms in total. The molecule has 1 unspecified atom stereocenters. The van der Waals surface area contributed by atoms with Gasteiger partial charge in [-0.2, -0.15) is 5.26 Å². The number of benzene rings is 1. The Hall–Kier alpha value is -1.60. The monoisotopic (exact) mass is 247 g/mol. The molecule has 4 heteroatoms. The van der Waals surface area contributed by atoms with Gasteiger partial charge in [0, 0.05) is 18.6 Å². The van der Waals surface area contributed by atoms with Crippen molar-refractivity contribution in [3.63, 3.8) is 0 Å². The molecule has 18 heavy (non-hydrogen) atoms. The van der Waals surface area contributed by atoms with Gasteiger partial charge in [0.25, 0.3) is 0 Å². The fourth-order valence-electron chi connectivity index (χ4n) is 2.24. The van der Waals surface area contributed by atoms with Gasteiger partial charge in [0.2, 0.25) is 0 Å². The van der Waals surface area contributed by atoms with Gasteiger partial charge >= 0.3 is 0 Å². The van der Waals surface area contributed by atoms with Crippen LogP contribution in [-0.2, 0) is 0 Å². The zero-order chi connectivity index (χ0) is 13.1. The van der Waals surface area contributed by atoms with Crippen LogP contribution in [0.5, 0.6) is 0 Å². The van der Waals surface area contributed by atoms with Crippen molar-refractivity contribution in [3.05, 3.63) is 29.6 Å². The van der Waals surface area contributed by atoms with Crippen LogP contribution in [0.3, 0.4) is 0 Å². The van der Waals surface area contributed by atoms with Gasteiger partial charge in [-0.25, -0.2) is 4.39 Å². The fraction of sp³-hybridized carbons (Fsp3) is 0.500. The molecule has 1 atom stereocenters. The minimum Gasteiger partial charge on any atom is -0.365 e. The number of nitriles is 1. The lowest BCUT2D eigenvalue weighted by Gasteiger charge is -2.27. The Morgan fingerprint density at radius 3 is 2.83 bits per heavy atom. The van der Waals surface area contributed by atoms with Crippen LogP contribution in [0.4, 0.5) is 10.1 Å². The number of anilines is 1. The molecule has 2 rings (SSSR count). The Bertz CT molecular complexity index is 461. The summed E-state index contributed by atoms with van der Waals surface area (Å²) in [5, 5.41) is 8.72. The van der Waals surface area contributed by atoms with Crippen LogP contribution in [-0.4, -0.2) is 12.6 Å². The Kier molecular flexibility index (Phi) is 3.83. The number of nitrogens with two attached hydrogens (primary N) is 1. The highest BCUT2D eigenvalue weighted by Crippen LogP contribution is 2.36. The van der Waals surface area contributed by atoms with Crippen molar-refractivity contribution < 1.29 is 4.39 Å². The highest BCUT2D eigenvalue weighted by atomic mass is 19.1. The van der Waals surface area contributed by atoms with Gasteiger partial charge in [0.05, 0.1) is 18.2 Å². The molecule has 0 saturated heterocycles. The molecule has 0 amide bonds. The van der Waals surface area contributed by atoms with Crippen LogP contribution >= 0.6 is 0 Å². The van der Waals surface area contributed by atoms with Crippen molar-refractivity contribution in [3.8, 4) is 6.07 Å². The van der Waals surface area contributed by atoms with E-state index in [1.54, 1.807) is 6.07 Å². The molecule has 1 aromatic carbocycles. The SMILES string of the molecule is CC(N)c1cccc(F)c1N(CCC#N)C1CC1. The summed E-state index contributed by atoms with van der Waals surface area (Å²) in [5.74, 6) is -0.241. The maximum atomic E-state index is 14.1. The van der Waals surface area contributed by atoms with Gasteiger partial charge in [0.15, 0.2) is 0 Å². The summed E-state index contributed by atoms with van der Waals surface area (Å²) in [5.41, 5.74) is 7.32. The normalized spacial score (nSPS) is 16.1. The van der Waals surface area contributed by atoms with E-state index in [4.69, 9.17) is 11.0 Å². The Balaban J connectivity index is 2.36. The molecule has 0 heterocycles. The summed E-state index contributed by atoms with van der Waals surface area (Å²) in [6, 6.07) is 7.30. The first-order valence-corrected chi connectivity index (χ1v) is 6.32. The van der Waals surface area contributed by atoms with Gasteiger partial charge in [-0.1, -0.05) is 12.1 Å². The van der Waals surface area contributed by atoms with E-state index in [0.717, 1.165) is 18.4 Å². The average Bonchev–Trinajstić information content (AvgIpc) is 3.15. The van der Waals surface area contributed by atoms with Crippen LogP contribution in [0.15, 0.2) is 18.2 Å². The third kappa shape index (κ3) is 2.62. The maximum Gasteiger partial charge on any atom is 0.146 e. The van der Waals surface area contributed by atoms with Crippen LogP contribution in [0.25, 0.3) is 0 Å². The molecule has 96 valence electrons. The van der Waals surface area contributed by atoms with E-state index < -0.39 is 0 Å². The standard InChI is InChI=1S/C14H18FN3/c1-10(17)12-4-2-5-13(15)14(12)18(9-3-8-16)11-6-7-11/h2,4-5,10-11H,3,6-7,9,17H2,1H3. The molecule has 1 saturated carbocycles. The van der Waals surface area contributed by atoms with E-state index in [1.807, 2.05) is 17.9 Å². The molecule has 2 N–H and O–H groups in total. The van der Waals surface area contributed by atoms with E-state index in [2.05, 4.69) is 6.07 Å². The largest absolute Gasteiger partial charge is 0.365 e. The number of hydrogen-bond acceptors (Lipinski definition) is 3. The minimum atomic E-state index is -0.241. The van der Waals surface area contributed by atoms with E-state index in [9.17, 15) is 4.39 Å². The van der Waals surface area contributed by atoms with Crippen LogP contribution in [0, 0.1) is 17.1 Å². The number of nitrogens with zero attached hydrogens (tertiary/aromatic N) is 2. The highest BCUT2D eigenvalue weighted by Gasteiger charge is 2.32. The van der Waals surface area contributed by atoms with Crippen molar-refractivity contribution in [2.75, 3.05) is 11.4 Å². The van der Waals surface area contributed by atoms with Crippen LogP contribution in [0.1, 0.15) is 37.8 Å². The molecule has 0 aromatic heterocycles. The lowest BCUT2D eigenvalue weighted by molar-refractivity contribution is 0.608. The molecule has 0 aliphatic heterocycles. The second-order valence-corrected chi connectivity index (χ2v) is 4.80. The Morgan fingerprint density at radius 1 is 1.56 bits per heavy atom. The summed E-state index contributed by atoms with van der Waals surface area (Å²) < 4.78 is 14.1. The van der Waals surface area contributed by atoms with Gasteiger partial charge in [-0.15, -0.1) is 0 Å². The number of hydrogen-bond donors (Lipinski definition) is 1. The third-order valence-electron chi connectivity index (χ3n) is 3.25. The summed E-state index contributed by atoms with van der Waals surface area (Å²) in [7, 11) is 0. The number of rotatable bonds is 5. The van der Waals surface area contributed by atoms with Crippen LogP contribution in [0.2, 0.25) is 0 Å². The molecule has 1 aromatic rings. The third-order valence-corrected chi connectivity index (χ3v) is 3.25. The summed E-state index contributed by atoms with van der Waals surface area (Å²) in [6.07, 6.45) is 2.54. The lowest BCUT2D eigenvalue weighted by atomic mass is 10.0.